The van der Waals surface area contributed by atoms with Gasteiger partial charge >= 0.3 is 11.9 Å². The monoisotopic (exact) mass is 529 g/mol. The molecule has 1 aromatic rings. The predicted molar refractivity (Wildman–Crippen MR) is 139 cm³/mol. The number of esters is 2. The number of rotatable bonds is 7. The topological polar surface area (TPSA) is 88.5 Å². The Balaban J connectivity index is 1.61. The molecule has 3 aliphatic heterocycles. The maximum absolute atomic E-state index is 14.3. The quantitative estimate of drug-likeness (QED) is 0.479. The van der Waals surface area contributed by atoms with E-state index in [0.717, 1.165) is 6.42 Å². The van der Waals surface area contributed by atoms with Crippen LogP contribution in [-0.4, -0.2) is 58.6 Å². The van der Waals surface area contributed by atoms with Crippen LogP contribution in [0.15, 0.2) is 51.6 Å². The minimum atomic E-state index is -0.697. The van der Waals surface area contributed by atoms with Crippen LogP contribution >= 0.6 is 11.8 Å². The molecule has 2 unspecified atom stereocenters. The third-order valence-electron chi connectivity index (χ3n) is 6.45. The number of halogens is 1. The number of amidine groups is 1. The summed E-state index contributed by atoms with van der Waals surface area (Å²) in [5.74, 6) is -1.69. The van der Waals surface area contributed by atoms with E-state index in [1.165, 1.54) is 23.9 Å². The fourth-order valence-corrected chi connectivity index (χ4v) is 5.79. The summed E-state index contributed by atoms with van der Waals surface area (Å²) in [4.78, 5) is 47.0. The number of aliphatic imine (C=N–C) groups is 1. The van der Waals surface area contributed by atoms with Crippen molar-refractivity contribution in [3.8, 4) is 0 Å². The molecule has 0 N–H and O–H groups in total. The molecular formula is C27H32FN3O5S. The highest BCUT2D eigenvalue weighted by Gasteiger charge is 2.42. The van der Waals surface area contributed by atoms with Gasteiger partial charge in [0.05, 0.1) is 42.4 Å². The van der Waals surface area contributed by atoms with Crippen LogP contribution in [0.4, 0.5) is 4.39 Å². The van der Waals surface area contributed by atoms with Gasteiger partial charge in [-0.1, -0.05) is 23.9 Å². The number of carbonyl (C=O) groups is 3. The lowest BCUT2D eigenvalue weighted by Crippen LogP contribution is -2.44. The second kappa shape index (κ2) is 11.5. The molecule has 37 heavy (non-hydrogen) atoms. The second-order valence-corrected chi connectivity index (χ2v) is 10.3. The van der Waals surface area contributed by atoms with Crippen molar-refractivity contribution >= 4 is 34.8 Å². The van der Waals surface area contributed by atoms with Crippen molar-refractivity contribution in [2.24, 2.45) is 10.9 Å². The van der Waals surface area contributed by atoms with Gasteiger partial charge in [0.1, 0.15) is 5.82 Å². The van der Waals surface area contributed by atoms with E-state index >= 15 is 0 Å². The number of carbonyl (C=O) groups excluding carboxylic acids is 3. The first-order chi connectivity index (χ1) is 17.7. The van der Waals surface area contributed by atoms with Crippen LogP contribution < -0.4 is 0 Å². The van der Waals surface area contributed by atoms with Crippen LogP contribution in [0.25, 0.3) is 0 Å². The molecule has 0 spiro atoms. The SMILES string of the molecule is CCOC(=O)C1CCCN(C(=O)CC2=CSC3=NC(C)=C(C(=O)OC(C)C)C(c4cccc(F)c4)N23)C1. The molecule has 198 valence electrons. The molecule has 1 saturated heterocycles. The molecule has 1 fully saturated rings. The Labute approximate surface area is 220 Å². The van der Waals surface area contributed by atoms with Crippen LogP contribution in [0.1, 0.15) is 58.6 Å². The predicted octanol–water partition coefficient (Wildman–Crippen LogP) is 4.54. The number of piperidine rings is 1. The summed E-state index contributed by atoms with van der Waals surface area (Å²) < 4.78 is 25.0. The average Bonchev–Trinajstić information content (AvgIpc) is 3.24. The molecule has 0 aliphatic carbocycles. The Morgan fingerprint density at radius 3 is 2.76 bits per heavy atom. The number of hydrogen-bond acceptors (Lipinski definition) is 8. The van der Waals surface area contributed by atoms with Gasteiger partial charge in [-0.25, -0.2) is 14.2 Å². The number of likely N-dealkylation sites (tertiary alicyclic amines) is 1. The number of thioether (sulfide) groups is 1. The van der Waals surface area contributed by atoms with Gasteiger partial charge in [0.2, 0.25) is 5.91 Å². The first-order valence-corrected chi connectivity index (χ1v) is 13.4. The Morgan fingerprint density at radius 1 is 1.27 bits per heavy atom. The fourth-order valence-electron chi connectivity index (χ4n) is 4.82. The van der Waals surface area contributed by atoms with Gasteiger partial charge < -0.3 is 19.3 Å². The molecule has 0 saturated carbocycles. The zero-order chi connectivity index (χ0) is 26.7. The summed E-state index contributed by atoms with van der Waals surface area (Å²) in [6.45, 7) is 8.22. The zero-order valence-electron chi connectivity index (χ0n) is 21.5. The normalized spacial score (nSPS) is 21.5. The minimum absolute atomic E-state index is 0.0545. The molecule has 0 aromatic heterocycles. The van der Waals surface area contributed by atoms with Crippen LogP contribution in [-0.2, 0) is 23.9 Å². The van der Waals surface area contributed by atoms with Crippen LogP contribution in [0.3, 0.4) is 0 Å². The van der Waals surface area contributed by atoms with Gasteiger partial charge in [0, 0.05) is 18.8 Å². The molecule has 8 nitrogen and oxygen atoms in total. The number of fused-ring (bicyclic) bond motifs is 1. The molecule has 3 aliphatic rings. The lowest BCUT2D eigenvalue weighted by atomic mass is 9.93. The van der Waals surface area contributed by atoms with Crippen LogP contribution in [0, 0.1) is 11.7 Å². The van der Waals surface area contributed by atoms with Crippen molar-refractivity contribution < 1.29 is 28.2 Å². The lowest BCUT2D eigenvalue weighted by Gasteiger charge is -2.37. The van der Waals surface area contributed by atoms with Gasteiger partial charge in [-0.05, 0) is 63.6 Å². The average molecular weight is 530 g/mol. The lowest BCUT2D eigenvalue weighted by molar-refractivity contribution is -0.151. The van der Waals surface area contributed by atoms with Gasteiger partial charge in [0.15, 0.2) is 5.17 Å². The largest absolute Gasteiger partial charge is 0.466 e. The first kappa shape index (κ1) is 26.9. The molecule has 1 amide bonds. The van der Waals surface area contributed by atoms with E-state index in [9.17, 15) is 18.8 Å². The first-order valence-electron chi connectivity index (χ1n) is 12.5. The summed E-state index contributed by atoms with van der Waals surface area (Å²) in [7, 11) is 0. The smallest absolute Gasteiger partial charge is 0.338 e. The zero-order valence-corrected chi connectivity index (χ0v) is 22.3. The number of nitrogens with zero attached hydrogens (tertiary/aromatic N) is 3. The molecule has 3 heterocycles. The Kier molecular flexibility index (Phi) is 8.36. The maximum Gasteiger partial charge on any atom is 0.338 e. The van der Waals surface area contributed by atoms with Gasteiger partial charge in [-0.2, -0.15) is 0 Å². The molecule has 4 rings (SSSR count). The van der Waals surface area contributed by atoms with Crippen LogP contribution in [0.2, 0.25) is 0 Å². The van der Waals surface area contributed by atoms with Gasteiger partial charge in [0.25, 0.3) is 0 Å². The van der Waals surface area contributed by atoms with E-state index in [-0.39, 0.29) is 30.3 Å². The van der Waals surface area contributed by atoms with Gasteiger partial charge in [-0.3, -0.25) is 9.59 Å². The minimum Gasteiger partial charge on any atom is -0.466 e. The van der Waals surface area contributed by atoms with Gasteiger partial charge in [-0.15, -0.1) is 0 Å². The molecule has 10 heteroatoms. The number of amides is 1. The van der Waals surface area contributed by atoms with Crippen molar-refractivity contribution in [1.29, 1.82) is 0 Å². The second-order valence-electron chi connectivity index (χ2n) is 9.51. The summed E-state index contributed by atoms with van der Waals surface area (Å²) in [6, 6.07) is 5.39. The third-order valence-corrected chi connectivity index (χ3v) is 7.34. The summed E-state index contributed by atoms with van der Waals surface area (Å²) in [5, 5.41) is 2.46. The molecule has 1 aromatic carbocycles. The molecular weight excluding hydrogens is 497 g/mol. The van der Waals surface area contributed by atoms with Crippen molar-refractivity contribution in [2.75, 3.05) is 19.7 Å². The summed E-state index contributed by atoms with van der Waals surface area (Å²) >= 11 is 1.36. The summed E-state index contributed by atoms with van der Waals surface area (Å²) in [5.41, 5.74) is 2.02. The fraction of sp³-hybridized carbons (Fsp3) is 0.481. The summed E-state index contributed by atoms with van der Waals surface area (Å²) in [6.07, 6.45) is 1.12. The number of ether oxygens (including phenoxy) is 2. The van der Waals surface area contributed by atoms with E-state index < -0.39 is 17.8 Å². The van der Waals surface area contributed by atoms with E-state index in [2.05, 4.69) is 4.99 Å². The van der Waals surface area contributed by atoms with Crippen LogP contribution in [0.5, 0.6) is 0 Å². The van der Waals surface area contributed by atoms with Crippen molar-refractivity contribution in [3.05, 3.63) is 58.0 Å². The van der Waals surface area contributed by atoms with E-state index in [1.54, 1.807) is 44.7 Å². The standard InChI is InChI=1S/C27H32FN3O5S/c1-5-35-25(33)19-9-7-11-30(14-19)22(32)13-21-15-37-27-29-17(4)23(26(34)36-16(2)3)24(31(21)27)18-8-6-10-20(28)12-18/h6,8,10,12,15-16,19,24H,5,7,9,11,13-14H2,1-4H3. The van der Waals surface area contributed by atoms with Crippen molar-refractivity contribution in [1.82, 2.24) is 9.80 Å². The Hall–Kier alpha value is -3.14. The molecule has 0 radical (unpaired) electrons. The number of allylic oxidation sites excluding steroid dienone is 1. The van der Waals surface area contributed by atoms with Crippen molar-refractivity contribution in [2.45, 2.75) is 59.1 Å². The highest BCUT2D eigenvalue weighted by Crippen LogP contribution is 2.45. The maximum atomic E-state index is 14.3. The highest BCUT2D eigenvalue weighted by molar-refractivity contribution is 8.16. The number of benzene rings is 1. The number of hydrogen-bond donors (Lipinski definition) is 0. The molecule has 0 bridgehead atoms. The van der Waals surface area contributed by atoms with Crippen molar-refractivity contribution in [3.63, 3.8) is 0 Å². The van der Waals surface area contributed by atoms with E-state index in [4.69, 9.17) is 9.47 Å². The van der Waals surface area contributed by atoms with E-state index in [0.29, 0.717) is 53.8 Å². The van der Waals surface area contributed by atoms with E-state index in [1.807, 2.05) is 10.3 Å². The Bertz CT molecular complexity index is 1180. The molecule has 2 atom stereocenters. The highest BCUT2D eigenvalue weighted by atomic mass is 32.2. The Morgan fingerprint density at radius 2 is 2.05 bits per heavy atom. The third kappa shape index (κ3) is 5.89.